The monoisotopic (exact) mass is 442 g/mol. The molecule has 2 saturated heterocycles. The standard InChI is InChI=1S/C20H30N2O7S/c1-4-5-10-27-16-6-8-17(9-7-16)30(25,26)22-13-20(12-18(22)19(23)21-24)28-14(2)11-15(3)29-20/h6-9,14-15,18,24H,4-5,10-13H2,1-3H3,(H,21,23)/t14-,15-,18-/m1/s1. The molecule has 0 aromatic heterocycles. The van der Waals surface area contributed by atoms with Gasteiger partial charge in [-0.25, -0.2) is 13.9 Å². The average molecular weight is 443 g/mol. The topological polar surface area (TPSA) is 114 Å². The van der Waals surface area contributed by atoms with Crippen LogP contribution >= 0.6 is 0 Å². The number of hydrogen-bond donors (Lipinski definition) is 2. The number of nitrogens with one attached hydrogen (secondary N) is 1. The number of rotatable bonds is 7. The van der Waals surface area contributed by atoms with E-state index in [1.54, 1.807) is 17.6 Å². The van der Waals surface area contributed by atoms with Crippen molar-refractivity contribution in [2.24, 2.45) is 0 Å². The van der Waals surface area contributed by atoms with Crippen LogP contribution in [0.1, 0.15) is 46.5 Å². The molecule has 1 aromatic carbocycles. The molecule has 2 heterocycles. The lowest BCUT2D eigenvalue weighted by Crippen LogP contribution is -2.49. The van der Waals surface area contributed by atoms with Crippen LogP contribution in [0.15, 0.2) is 29.2 Å². The number of nitrogens with zero attached hydrogens (tertiary/aromatic N) is 1. The zero-order valence-electron chi connectivity index (χ0n) is 17.5. The highest BCUT2D eigenvalue weighted by Crippen LogP contribution is 2.40. The molecule has 2 fully saturated rings. The van der Waals surface area contributed by atoms with Crippen LogP contribution < -0.4 is 10.2 Å². The molecular weight excluding hydrogens is 412 g/mol. The van der Waals surface area contributed by atoms with E-state index in [0.29, 0.717) is 18.8 Å². The van der Waals surface area contributed by atoms with Crippen molar-refractivity contribution in [2.75, 3.05) is 13.2 Å². The van der Waals surface area contributed by atoms with Crippen molar-refractivity contribution in [3.8, 4) is 5.75 Å². The summed E-state index contributed by atoms with van der Waals surface area (Å²) < 4.78 is 45.2. The van der Waals surface area contributed by atoms with Crippen molar-refractivity contribution in [1.29, 1.82) is 0 Å². The molecule has 0 radical (unpaired) electrons. The Balaban J connectivity index is 1.86. The molecule has 2 aliphatic rings. The molecule has 10 heteroatoms. The highest BCUT2D eigenvalue weighted by atomic mass is 32.2. The van der Waals surface area contributed by atoms with E-state index in [0.717, 1.165) is 17.1 Å². The fraction of sp³-hybridized carbons (Fsp3) is 0.650. The molecule has 30 heavy (non-hydrogen) atoms. The van der Waals surface area contributed by atoms with Crippen molar-refractivity contribution in [3.05, 3.63) is 24.3 Å². The van der Waals surface area contributed by atoms with Gasteiger partial charge in [-0.3, -0.25) is 10.0 Å². The van der Waals surface area contributed by atoms with Gasteiger partial charge in [-0.05, 0) is 51.0 Å². The number of carbonyl (C=O) groups is 1. The van der Waals surface area contributed by atoms with E-state index in [2.05, 4.69) is 6.92 Å². The Morgan fingerprint density at radius 3 is 2.47 bits per heavy atom. The Kier molecular flexibility index (Phi) is 7.03. The van der Waals surface area contributed by atoms with Crippen molar-refractivity contribution in [3.63, 3.8) is 0 Å². The van der Waals surface area contributed by atoms with Gasteiger partial charge < -0.3 is 14.2 Å². The highest BCUT2D eigenvalue weighted by Gasteiger charge is 2.56. The number of sulfonamides is 1. The van der Waals surface area contributed by atoms with Crippen LogP contribution in [0.3, 0.4) is 0 Å². The summed E-state index contributed by atoms with van der Waals surface area (Å²) in [6, 6.07) is 4.92. The van der Waals surface area contributed by atoms with Crippen LogP contribution in [0.5, 0.6) is 5.75 Å². The SMILES string of the molecule is CCCCOc1ccc(S(=O)(=O)N2CC3(C[C@@H]2C(=O)NO)O[C@H](C)C[C@@H](C)O3)cc1. The van der Waals surface area contributed by atoms with E-state index in [9.17, 15) is 13.2 Å². The smallest absolute Gasteiger partial charge is 0.261 e. The zero-order valence-corrected chi connectivity index (χ0v) is 18.4. The molecule has 2 aliphatic heterocycles. The van der Waals surface area contributed by atoms with Crippen LogP contribution in [-0.4, -0.2) is 61.0 Å². The minimum atomic E-state index is -4.05. The Morgan fingerprint density at radius 2 is 1.90 bits per heavy atom. The van der Waals surface area contributed by atoms with Gasteiger partial charge in [0, 0.05) is 6.42 Å². The molecule has 9 nitrogen and oxygen atoms in total. The van der Waals surface area contributed by atoms with Gasteiger partial charge in [0.2, 0.25) is 10.0 Å². The van der Waals surface area contributed by atoms with E-state index in [1.165, 1.54) is 12.1 Å². The van der Waals surface area contributed by atoms with Gasteiger partial charge in [-0.1, -0.05) is 13.3 Å². The van der Waals surface area contributed by atoms with Crippen LogP contribution in [0.25, 0.3) is 0 Å². The number of amides is 1. The van der Waals surface area contributed by atoms with Gasteiger partial charge in [0.05, 0.1) is 30.3 Å². The first-order chi connectivity index (χ1) is 14.2. The number of carbonyl (C=O) groups excluding carboxylic acids is 1. The Hall–Kier alpha value is -1.72. The Morgan fingerprint density at radius 1 is 1.27 bits per heavy atom. The lowest BCUT2D eigenvalue weighted by molar-refractivity contribution is -0.302. The highest BCUT2D eigenvalue weighted by molar-refractivity contribution is 7.89. The number of hydroxylamine groups is 1. The quantitative estimate of drug-likeness (QED) is 0.377. The summed E-state index contributed by atoms with van der Waals surface area (Å²) in [6.45, 7) is 6.24. The van der Waals surface area contributed by atoms with Gasteiger partial charge in [0.1, 0.15) is 11.8 Å². The molecule has 0 saturated carbocycles. The van der Waals surface area contributed by atoms with Crippen LogP contribution in [-0.2, 0) is 24.3 Å². The average Bonchev–Trinajstić information content (AvgIpc) is 3.06. The van der Waals surface area contributed by atoms with Crippen LogP contribution in [0, 0.1) is 0 Å². The van der Waals surface area contributed by atoms with Gasteiger partial charge in [-0.15, -0.1) is 0 Å². The summed E-state index contributed by atoms with van der Waals surface area (Å²) >= 11 is 0. The van der Waals surface area contributed by atoms with E-state index in [-0.39, 0.29) is 30.1 Å². The first-order valence-electron chi connectivity index (χ1n) is 10.2. The Labute approximate surface area is 177 Å². The van der Waals surface area contributed by atoms with Crippen molar-refractivity contribution in [2.45, 2.75) is 75.4 Å². The van der Waals surface area contributed by atoms with Crippen LogP contribution in [0.2, 0.25) is 0 Å². The lowest BCUT2D eigenvalue weighted by Gasteiger charge is -2.40. The lowest BCUT2D eigenvalue weighted by atomic mass is 10.1. The summed E-state index contributed by atoms with van der Waals surface area (Å²) in [5, 5.41) is 9.16. The van der Waals surface area contributed by atoms with E-state index < -0.39 is 27.8 Å². The fourth-order valence-electron chi connectivity index (χ4n) is 4.03. The summed E-state index contributed by atoms with van der Waals surface area (Å²) in [7, 11) is -4.05. The second-order valence-electron chi connectivity index (χ2n) is 7.92. The molecule has 1 amide bonds. The minimum absolute atomic E-state index is 0.00842. The van der Waals surface area contributed by atoms with Gasteiger partial charge in [-0.2, -0.15) is 4.31 Å². The molecular formula is C20H30N2O7S. The molecule has 168 valence electrons. The van der Waals surface area contributed by atoms with E-state index in [1.807, 2.05) is 13.8 Å². The predicted molar refractivity (Wildman–Crippen MR) is 108 cm³/mol. The van der Waals surface area contributed by atoms with Gasteiger partial charge >= 0.3 is 0 Å². The number of ether oxygens (including phenoxy) is 3. The van der Waals surface area contributed by atoms with Gasteiger partial charge in [0.15, 0.2) is 5.79 Å². The maximum atomic E-state index is 13.3. The number of unbranched alkanes of at least 4 members (excludes halogenated alkanes) is 1. The largest absolute Gasteiger partial charge is 0.494 e. The van der Waals surface area contributed by atoms with Crippen LogP contribution in [0.4, 0.5) is 0 Å². The maximum absolute atomic E-state index is 13.3. The molecule has 1 spiro atoms. The normalized spacial score (nSPS) is 29.8. The first kappa shape index (κ1) is 23.0. The third-order valence-electron chi connectivity index (χ3n) is 5.35. The number of benzene rings is 1. The summed E-state index contributed by atoms with van der Waals surface area (Å²) in [6.07, 6.45) is 2.28. The molecule has 2 N–H and O–H groups in total. The van der Waals surface area contributed by atoms with E-state index >= 15 is 0 Å². The molecule has 3 rings (SSSR count). The fourth-order valence-corrected chi connectivity index (χ4v) is 5.65. The molecule has 0 bridgehead atoms. The number of hydrogen-bond acceptors (Lipinski definition) is 7. The van der Waals surface area contributed by atoms with Crippen molar-refractivity contribution in [1.82, 2.24) is 9.79 Å². The minimum Gasteiger partial charge on any atom is -0.494 e. The summed E-state index contributed by atoms with van der Waals surface area (Å²) in [5.41, 5.74) is 1.57. The maximum Gasteiger partial charge on any atom is 0.261 e. The zero-order chi connectivity index (χ0) is 21.9. The first-order valence-corrected chi connectivity index (χ1v) is 11.7. The Bertz CT molecular complexity index is 833. The molecule has 3 atom stereocenters. The molecule has 0 aliphatic carbocycles. The van der Waals surface area contributed by atoms with Gasteiger partial charge in [0.25, 0.3) is 5.91 Å². The second-order valence-corrected chi connectivity index (χ2v) is 9.81. The van der Waals surface area contributed by atoms with Crippen molar-refractivity contribution >= 4 is 15.9 Å². The third-order valence-corrected chi connectivity index (χ3v) is 7.22. The van der Waals surface area contributed by atoms with Crippen molar-refractivity contribution < 1.29 is 32.6 Å². The van der Waals surface area contributed by atoms with E-state index in [4.69, 9.17) is 19.4 Å². The summed E-state index contributed by atoms with van der Waals surface area (Å²) in [5.74, 6) is -1.48. The third kappa shape index (κ3) is 4.78. The summed E-state index contributed by atoms with van der Waals surface area (Å²) in [4.78, 5) is 12.3. The molecule has 0 unspecified atom stereocenters. The second kappa shape index (κ2) is 9.19. The predicted octanol–water partition coefficient (Wildman–Crippen LogP) is 2.04. The molecule has 1 aromatic rings.